The molecule has 0 aliphatic rings. The number of hydrogen-bond donors (Lipinski definition) is 0. The molecule has 1 unspecified atom stereocenters. The van der Waals surface area contributed by atoms with Crippen molar-refractivity contribution in [2.75, 3.05) is 0 Å². The van der Waals surface area contributed by atoms with Gasteiger partial charge in [-0.15, -0.1) is 0 Å². The maximum atomic E-state index is 12.3. The molecular formula is C12H10F3N3O2. The lowest BCUT2D eigenvalue weighted by Crippen LogP contribution is -2.27. The second-order valence-electron chi connectivity index (χ2n) is 4.17. The van der Waals surface area contributed by atoms with E-state index in [0.717, 1.165) is 12.5 Å². The Morgan fingerprint density at radius 3 is 2.80 bits per heavy atom. The molecule has 5 nitrogen and oxygen atoms in total. The Balaban J connectivity index is 2.11. The van der Waals surface area contributed by atoms with Crippen molar-refractivity contribution in [3.8, 4) is 0 Å². The van der Waals surface area contributed by atoms with Gasteiger partial charge in [-0.3, -0.25) is 9.78 Å². The minimum Gasteiger partial charge on any atom is -0.339 e. The van der Waals surface area contributed by atoms with Crippen LogP contribution < -0.4 is 0 Å². The zero-order valence-corrected chi connectivity index (χ0v) is 10.4. The summed E-state index contributed by atoms with van der Waals surface area (Å²) in [5.74, 6) is -3.56. The van der Waals surface area contributed by atoms with Crippen molar-refractivity contribution >= 4 is 5.78 Å². The lowest BCUT2D eigenvalue weighted by atomic mass is 10.1. The van der Waals surface area contributed by atoms with E-state index in [2.05, 4.69) is 15.1 Å². The van der Waals surface area contributed by atoms with Crippen LogP contribution in [0, 0.1) is 0 Å². The summed E-state index contributed by atoms with van der Waals surface area (Å²) in [4.78, 5) is 18.8. The van der Waals surface area contributed by atoms with Crippen molar-refractivity contribution in [2.24, 2.45) is 0 Å². The smallest absolute Gasteiger partial charge is 0.339 e. The molecule has 2 rings (SSSR count). The highest BCUT2D eigenvalue weighted by atomic mass is 19.4. The summed E-state index contributed by atoms with van der Waals surface area (Å²) in [7, 11) is 0. The predicted octanol–water partition coefficient (Wildman–Crippen LogP) is 2.29. The molecule has 0 saturated heterocycles. The van der Waals surface area contributed by atoms with Gasteiger partial charge in [0.15, 0.2) is 5.82 Å². The number of pyridine rings is 1. The van der Waals surface area contributed by atoms with Crippen LogP contribution in [0.4, 0.5) is 13.2 Å². The van der Waals surface area contributed by atoms with E-state index in [0.29, 0.717) is 0 Å². The molecule has 2 heterocycles. The standard InChI is InChI=1S/C12H10F3N3O2/c1-7(10(19)12(13,14)15)11-17-9(18-20-11)5-8-3-2-4-16-6-8/h2-4,6-7H,5H2,1H3. The van der Waals surface area contributed by atoms with Crippen molar-refractivity contribution in [1.82, 2.24) is 15.1 Å². The quantitative estimate of drug-likeness (QED) is 0.862. The van der Waals surface area contributed by atoms with Crippen LogP contribution in [-0.4, -0.2) is 27.1 Å². The number of Topliss-reactive ketones (excluding diaryl/α,β-unsaturated/α-hetero) is 1. The first-order valence-electron chi connectivity index (χ1n) is 5.70. The number of carbonyl (C=O) groups is 1. The summed E-state index contributed by atoms with van der Waals surface area (Å²) < 4.78 is 41.6. The third-order valence-electron chi connectivity index (χ3n) is 2.61. The highest BCUT2D eigenvalue weighted by molar-refractivity contribution is 5.89. The molecule has 0 aromatic carbocycles. The topological polar surface area (TPSA) is 68.9 Å². The molecule has 0 N–H and O–H groups in total. The first-order valence-corrected chi connectivity index (χ1v) is 5.70. The largest absolute Gasteiger partial charge is 0.450 e. The molecule has 0 aliphatic heterocycles. The number of halogens is 3. The second-order valence-corrected chi connectivity index (χ2v) is 4.17. The molecule has 2 aromatic rings. The minimum absolute atomic E-state index is 0.204. The van der Waals surface area contributed by atoms with E-state index in [1.807, 2.05) is 0 Å². The lowest BCUT2D eigenvalue weighted by molar-refractivity contribution is -0.172. The number of alkyl halides is 3. The van der Waals surface area contributed by atoms with E-state index in [4.69, 9.17) is 4.52 Å². The number of nitrogens with zero attached hydrogens (tertiary/aromatic N) is 3. The predicted molar refractivity (Wildman–Crippen MR) is 60.8 cm³/mol. The van der Waals surface area contributed by atoms with Gasteiger partial charge in [-0.25, -0.2) is 0 Å². The van der Waals surface area contributed by atoms with E-state index in [1.54, 1.807) is 24.5 Å². The fourth-order valence-electron chi connectivity index (χ4n) is 1.56. The first-order chi connectivity index (χ1) is 9.38. The van der Waals surface area contributed by atoms with E-state index >= 15 is 0 Å². The van der Waals surface area contributed by atoms with Gasteiger partial charge in [0.25, 0.3) is 0 Å². The fourth-order valence-corrected chi connectivity index (χ4v) is 1.56. The van der Waals surface area contributed by atoms with Crippen molar-refractivity contribution in [3.05, 3.63) is 41.8 Å². The summed E-state index contributed by atoms with van der Waals surface area (Å²) in [6.45, 7) is 1.08. The molecule has 0 amide bonds. The molecule has 8 heteroatoms. The van der Waals surface area contributed by atoms with Crippen LogP contribution in [0.2, 0.25) is 0 Å². The van der Waals surface area contributed by atoms with E-state index in [-0.39, 0.29) is 18.1 Å². The summed E-state index contributed by atoms with van der Waals surface area (Å²) in [5, 5.41) is 3.56. The Kier molecular flexibility index (Phi) is 3.82. The van der Waals surface area contributed by atoms with Gasteiger partial charge in [-0.2, -0.15) is 18.2 Å². The van der Waals surface area contributed by atoms with Gasteiger partial charge >= 0.3 is 6.18 Å². The molecule has 0 aliphatic carbocycles. The summed E-state index contributed by atoms with van der Waals surface area (Å²) in [5.41, 5.74) is 0.787. The average Bonchev–Trinajstić information content (AvgIpc) is 2.85. The van der Waals surface area contributed by atoms with Crippen LogP contribution in [0.1, 0.15) is 30.1 Å². The van der Waals surface area contributed by atoms with Gasteiger partial charge < -0.3 is 4.52 Å². The second kappa shape index (κ2) is 5.40. The molecule has 0 radical (unpaired) electrons. The van der Waals surface area contributed by atoms with Crippen molar-refractivity contribution in [1.29, 1.82) is 0 Å². The van der Waals surface area contributed by atoms with Crippen molar-refractivity contribution < 1.29 is 22.5 Å². The zero-order chi connectivity index (χ0) is 14.8. The van der Waals surface area contributed by atoms with Crippen LogP contribution in [-0.2, 0) is 11.2 Å². The van der Waals surface area contributed by atoms with Crippen LogP contribution in [0.3, 0.4) is 0 Å². The number of carbonyl (C=O) groups excluding carboxylic acids is 1. The SMILES string of the molecule is CC(C(=O)C(F)(F)F)c1nc(Cc2cccnc2)no1. The Morgan fingerprint density at radius 2 is 2.20 bits per heavy atom. The molecule has 0 bridgehead atoms. The maximum absolute atomic E-state index is 12.3. The number of rotatable bonds is 4. The highest BCUT2D eigenvalue weighted by Crippen LogP contribution is 2.26. The monoisotopic (exact) mass is 285 g/mol. The Morgan fingerprint density at radius 1 is 1.45 bits per heavy atom. The third-order valence-corrected chi connectivity index (χ3v) is 2.61. The van der Waals surface area contributed by atoms with E-state index < -0.39 is 17.9 Å². The van der Waals surface area contributed by atoms with Crippen LogP contribution >= 0.6 is 0 Å². The van der Waals surface area contributed by atoms with Gasteiger partial charge in [0.2, 0.25) is 11.7 Å². The molecule has 2 aromatic heterocycles. The molecule has 0 spiro atoms. The fraction of sp³-hybridized carbons (Fsp3) is 0.333. The van der Waals surface area contributed by atoms with Crippen molar-refractivity contribution in [2.45, 2.75) is 25.4 Å². The van der Waals surface area contributed by atoms with Crippen LogP contribution in [0.15, 0.2) is 29.0 Å². The molecular weight excluding hydrogens is 275 g/mol. The average molecular weight is 285 g/mol. The normalized spacial score (nSPS) is 13.2. The zero-order valence-electron chi connectivity index (χ0n) is 10.4. The summed E-state index contributed by atoms with van der Waals surface area (Å²) >= 11 is 0. The number of hydrogen-bond acceptors (Lipinski definition) is 5. The molecule has 106 valence electrons. The Labute approximate surface area is 111 Å². The molecule has 0 fully saturated rings. The lowest BCUT2D eigenvalue weighted by Gasteiger charge is -2.08. The minimum atomic E-state index is -4.92. The molecule has 0 saturated carbocycles. The van der Waals surface area contributed by atoms with Gasteiger partial charge in [0.1, 0.15) is 5.92 Å². The molecule has 1 atom stereocenters. The Bertz CT molecular complexity index is 595. The van der Waals surface area contributed by atoms with Gasteiger partial charge in [-0.1, -0.05) is 11.2 Å². The van der Waals surface area contributed by atoms with E-state index in [9.17, 15) is 18.0 Å². The summed E-state index contributed by atoms with van der Waals surface area (Å²) in [6.07, 6.45) is -1.47. The van der Waals surface area contributed by atoms with Gasteiger partial charge in [0, 0.05) is 18.8 Å². The van der Waals surface area contributed by atoms with Crippen molar-refractivity contribution in [3.63, 3.8) is 0 Å². The molecule has 20 heavy (non-hydrogen) atoms. The highest BCUT2D eigenvalue weighted by Gasteiger charge is 2.43. The van der Waals surface area contributed by atoms with Gasteiger partial charge in [-0.05, 0) is 18.6 Å². The first kappa shape index (κ1) is 14.2. The third kappa shape index (κ3) is 3.19. The van der Waals surface area contributed by atoms with E-state index in [1.165, 1.54) is 0 Å². The number of ketones is 1. The Hall–Kier alpha value is -2.25. The number of aromatic nitrogens is 3. The van der Waals surface area contributed by atoms with Gasteiger partial charge in [0.05, 0.1) is 0 Å². The summed E-state index contributed by atoms with van der Waals surface area (Å²) in [6, 6.07) is 3.49. The van der Waals surface area contributed by atoms with Crippen LogP contribution in [0.25, 0.3) is 0 Å². The van der Waals surface area contributed by atoms with Crippen LogP contribution in [0.5, 0.6) is 0 Å². The maximum Gasteiger partial charge on any atom is 0.450 e.